The van der Waals surface area contributed by atoms with Gasteiger partial charge in [0.25, 0.3) is 0 Å². The average molecular weight is 472 g/mol. The van der Waals surface area contributed by atoms with Gasteiger partial charge in [-0.3, -0.25) is 4.68 Å². The maximum absolute atomic E-state index is 11.2. The number of aliphatic hydroxyl groups excluding tert-OH is 2. The molecule has 10 nitrogen and oxygen atoms in total. The minimum absolute atomic E-state index is 0.0379. The van der Waals surface area contributed by atoms with Crippen molar-refractivity contribution in [3.05, 3.63) is 47.3 Å². The van der Waals surface area contributed by atoms with Crippen molar-refractivity contribution in [1.82, 2.24) is 19.7 Å². The van der Waals surface area contributed by atoms with Gasteiger partial charge >= 0.3 is 7.41 Å². The summed E-state index contributed by atoms with van der Waals surface area (Å²) in [6.45, 7) is 5.93. The lowest BCUT2D eigenvalue weighted by molar-refractivity contribution is 0.214. The molecular weight excluding hydrogens is 445 g/mol. The molecular formula is C24H27BN7O3. The molecule has 0 bridgehead atoms. The molecule has 4 rings (SSSR count). The van der Waals surface area contributed by atoms with E-state index in [0.717, 1.165) is 11.3 Å². The number of benzene rings is 1. The number of aryl methyl sites for hydroxylation is 1. The highest BCUT2D eigenvalue weighted by atomic mass is 16.3. The van der Waals surface area contributed by atoms with Crippen LogP contribution in [0.4, 0.5) is 17.5 Å². The molecule has 1 aliphatic rings. The van der Waals surface area contributed by atoms with Crippen molar-refractivity contribution in [2.24, 2.45) is 7.05 Å². The van der Waals surface area contributed by atoms with Crippen molar-refractivity contribution >= 4 is 31.1 Å². The van der Waals surface area contributed by atoms with E-state index < -0.39 is 10.8 Å². The van der Waals surface area contributed by atoms with Crippen molar-refractivity contribution in [2.75, 3.05) is 29.9 Å². The zero-order valence-electron chi connectivity index (χ0n) is 20.1. The number of nitriles is 1. The second kappa shape index (κ2) is 9.13. The van der Waals surface area contributed by atoms with Crippen LogP contribution in [0.3, 0.4) is 0 Å². The first-order valence-corrected chi connectivity index (χ1v) is 11.2. The highest BCUT2D eigenvalue weighted by Crippen LogP contribution is 2.44. The van der Waals surface area contributed by atoms with E-state index >= 15 is 0 Å². The smallest absolute Gasteiger partial charge is 0.329 e. The van der Waals surface area contributed by atoms with Gasteiger partial charge in [0.2, 0.25) is 5.95 Å². The van der Waals surface area contributed by atoms with Crippen LogP contribution in [0.25, 0.3) is 11.3 Å². The van der Waals surface area contributed by atoms with E-state index in [-0.39, 0.29) is 13.2 Å². The summed E-state index contributed by atoms with van der Waals surface area (Å²) in [5.41, 5.74) is 2.69. The number of aromatic nitrogens is 4. The lowest BCUT2D eigenvalue weighted by atomic mass is 9.83. The van der Waals surface area contributed by atoms with Gasteiger partial charge in [-0.2, -0.15) is 10.4 Å². The molecule has 0 fully saturated rings. The van der Waals surface area contributed by atoms with Gasteiger partial charge in [-0.05, 0) is 23.8 Å². The normalized spacial score (nSPS) is 17.1. The van der Waals surface area contributed by atoms with Crippen LogP contribution in [0.1, 0.15) is 37.6 Å². The first-order valence-electron chi connectivity index (χ1n) is 11.2. The number of rotatable bonds is 8. The molecule has 1 unspecified atom stereocenters. The maximum Gasteiger partial charge on any atom is 0.329 e. The summed E-state index contributed by atoms with van der Waals surface area (Å²) >= 11 is 0. The van der Waals surface area contributed by atoms with E-state index in [2.05, 4.69) is 26.5 Å². The number of aliphatic hydroxyl groups is 2. The Morgan fingerprint density at radius 1 is 1.34 bits per heavy atom. The Morgan fingerprint density at radius 2 is 2.11 bits per heavy atom. The Bertz CT molecular complexity index is 1320. The van der Waals surface area contributed by atoms with Gasteiger partial charge in [0.15, 0.2) is 0 Å². The Balaban J connectivity index is 1.73. The Morgan fingerprint density at radius 3 is 2.77 bits per heavy atom. The third-order valence-electron chi connectivity index (χ3n) is 6.44. The Hall–Kier alpha value is -3.75. The van der Waals surface area contributed by atoms with Crippen molar-refractivity contribution in [3.63, 3.8) is 0 Å². The summed E-state index contributed by atoms with van der Waals surface area (Å²) in [6.07, 6.45) is 2.30. The number of carbonyl (C=O) groups excluding carboxylic acids is 1. The van der Waals surface area contributed by atoms with Gasteiger partial charge in [0, 0.05) is 47.9 Å². The molecule has 3 heterocycles. The van der Waals surface area contributed by atoms with Crippen LogP contribution in [0.15, 0.2) is 30.5 Å². The summed E-state index contributed by atoms with van der Waals surface area (Å²) < 4.78 is 1.66. The minimum Gasteiger partial charge on any atom is -0.410 e. The third kappa shape index (κ3) is 4.38. The highest BCUT2D eigenvalue weighted by molar-refractivity contribution is 6.70. The quantitative estimate of drug-likeness (QED) is 0.330. The number of hydrogen-bond donors (Lipinski definition) is 3. The Kier molecular flexibility index (Phi) is 6.36. The van der Waals surface area contributed by atoms with Gasteiger partial charge < -0.3 is 25.1 Å². The molecule has 179 valence electrons. The van der Waals surface area contributed by atoms with Crippen molar-refractivity contribution in [2.45, 2.75) is 31.6 Å². The third-order valence-corrected chi connectivity index (χ3v) is 6.44. The fourth-order valence-corrected chi connectivity index (χ4v) is 4.20. The number of anilines is 3. The van der Waals surface area contributed by atoms with E-state index in [0.29, 0.717) is 47.0 Å². The predicted octanol–water partition coefficient (Wildman–Crippen LogP) is 1.64. The molecule has 3 N–H and O–H groups in total. The van der Waals surface area contributed by atoms with Crippen molar-refractivity contribution in [1.29, 1.82) is 5.26 Å². The molecule has 0 amide bonds. The largest absolute Gasteiger partial charge is 0.410 e. The lowest BCUT2D eigenvalue weighted by Crippen LogP contribution is -2.36. The summed E-state index contributed by atoms with van der Waals surface area (Å²) in [7, 11) is 3.17. The molecule has 1 atom stereocenters. The van der Waals surface area contributed by atoms with Crippen LogP contribution in [0, 0.1) is 11.3 Å². The number of nitrogens with one attached hydrogen (secondary N) is 1. The van der Waals surface area contributed by atoms with Crippen LogP contribution in [0.5, 0.6) is 0 Å². The zero-order chi connectivity index (χ0) is 25.4. The second-order valence-corrected chi connectivity index (χ2v) is 9.63. The van der Waals surface area contributed by atoms with Crippen LogP contribution < -0.4 is 10.1 Å². The maximum atomic E-state index is 11.2. The minimum atomic E-state index is -0.644. The second-order valence-electron chi connectivity index (χ2n) is 9.63. The summed E-state index contributed by atoms with van der Waals surface area (Å²) in [5.74, 6) is 1.01. The van der Waals surface area contributed by atoms with E-state index in [1.165, 1.54) is 7.41 Å². The van der Waals surface area contributed by atoms with Crippen LogP contribution in [-0.2, 0) is 22.7 Å². The molecule has 0 aliphatic carbocycles. The first-order chi connectivity index (χ1) is 16.7. The van der Waals surface area contributed by atoms with Gasteiger partial charge in [-0.1, -0.05) is 20.8 Å². The molecule has 1 aliphatic heterocycles. The van der Waals surface area contributed by atoms with E-state index in [1.54, 1.807) is 34.9 Å². The molecule has 11 heteroatoms. The van der Waals surface area contributed by atoms with Gasteiger partial charge in [0.05, 0.1) is 30.2 Å². The number of carbonyl (C=O) groups is 1. The van der Waals surface area contributed by atoms with Crippen LogP contribution >= 0.6 is 0 Å². The van der Waals surface area contributed by atoms with Gasteiger partial charge in [-0.15, -0.1) is 0 Å². The summed E-state index contributed by atoms with van der Waals surface area (Å²) in [6, 6.07) is 9.45. The SMILES string of the molecule is Cn1nc(C(C)(C)CO)cc1Nc1nccc(-c2cc(C#N)c3c(c2)C(C)(CO)CN3[B]C=O)n1. The molecule has 0 saturated heterocycles. The average Bonchev–Trinajstić information content (AvgIpc) is 3.37. The molecule has 0 spiro atoms. The number of fused-ring (bicyclic) bond motifs is 1. The molecule has 35 heavy (non-hydrogen) atoms. The van der Waals surface area contributed by atoms with E-state index in [1.807, 2.05) is 32.9 Å². The standard InChI is InChI=1S/C24H27BN7O3/c1-23(2,12-33)19-9-20(31(4)30-19)29-22-27-6-5-18(28-22)15-7-16(10-26)21-17(8-15)24(3,13-34)11-32(21)25-14-35/h5-9,14,33-34H,11-13H2,1-4H3,(H,27,28,29). The van der Waals surface area contributed by atoms with Crippen molar-refractivity contribution in [3.8, 4) is 17.3 Å². The fraction of sp³-hybridized carbons (Fsp3) is 0.375. The van der Waals surface area contributed by atoms with Gasteiger partial charge in [0.1, 0.15) is 18.1 Å². The number of hydrogen-bond acceptors (Lipinski definition) is 9. The Labute approximate surface area is 204 Å². The predicted molar refractivity (Wildman–Crippen MR) is 133 cm³/mol. The van der Waals surface area contributed by atoms with Gasteiger partial charge in [-0.25, -0.2) is 9.97 Å². The lowest BCUT2D eigenvalue weighted by Gasteiger charge is -2.23. The number of nitrogens with zero attached hydrogens (tertiary/aromatic N) is 6. The van der Waals surface area contributed by atoms with E-state index in [4.69, 9.17) is 0 Å². The zero-order valence-corrected chi connectivity index (χ0v) is 20.1. The highest BCUT2D eigenvalue weighted by Gasteiger charge is 2.40. The molecule has 2 aromatic heterocycles. The molecule has 1 aromatic carbocycles. The summed E-state index contributed by atoms with van der Waals surface area (Å²) in [5, 5.41) is 37.3. The van der Waals surface area contributed by atoms with Crippen LogP contribution in [0.2, 0.25) is 0 Å². The van der Waals surface area contributed by atoms with Crippen LogP contribution in [-0.4, -0.2) is 63.3 Å². The molecule has 0 saturated carbocycles. The molecule has 3 aromatic rings. The van der Waals surface area contributed by atoms with Crippen molar-refractivity contribution < 1.29 is 15.0 Å². The van der Waals surface area contributed by atoms with E-state index in [9.17, 15) is 20.3 Å². The summed E-state index contributed by atoms with van der Waals surface area (Å²) in [4.78, 5) is 21.8. The fourth-order valence-electron chi connectivity index (χ4n) is 4.20. The monoisotopic (exact) mass is 472 g/mol. The first kappa shape index (κ1) is 24.4. The molecule has 1 radical (unpaired) electrons. The topological polar surface area (TPSA) is 140 Å².